The first-order chi connectivity index (χ1) is 28.2. The molecule has 15 heteroatoms. The third-order valence-electron chi connectivity index (χ3n) is 12.0. The van der Waals surface area contributed by atoms with Gasteiger partial charge in [0.2, 0.25) is 21.8 Å². The van der Waals surface area contributed by atoms with Crippen LogP contribution in [0.5, 0.6) is 11.5 Å². The van der Waals surface area contributed by atoms with Crippen molar-refractivity contribution in [2.75, 3.05) is 13.7 Å². The minimum absolute atomic E-state index is 0.0147. The van der Waals surface area contributed by atoms with Crippen LogP contribution in [0.2, 0.25) is 0 Å². The average Bonchev–Trinajstić information content (AvgIpc) is 4.13. The van der Waals surface area contributed by atoms with Crippen LogP contribution in [0.1, 0.15) is 86.5 Å². The van der Waals surface area contributed by atoms with Crippen molar-refractivity contribution < 1.29 is 41.8 Å². The Morgan fingerprint density at radius 2 is 1.72 bits per heavy atom. The fourth-order valence-corrected chi connectivity index (χ4v) is 9.92. The summed E-state index contributed by atoms with van der Waals surface area (Å²) in [5.41, 5.74) is -1.17. The van der Waals surface area contributed by atoms with Crippen molar-refractivity contribution in [1.29, 1.82) is 0 Å². The number of aromatic nitrogens is 1. The molecule has 3 aromatic rings. The Morgan fingerprint density at radius 1 is 1.02 bits per heavy atom. The van der Waals surface area contributed by atoms with Gasteiger partial charge in [-0.3, -0.25) is 19.1 Å². The van der Waals surface area contributed by atoms with Crippen LogP contribution in [0.15, 0.2) is 67.3 Å². The van der Waals surface area contributed by atoms with E-state index in [4.69, 9.17) is 19.2 Å². The van der Waals surface area contributed by atoms with Crippen LogP contribution in [0, 0.1) is 17.3 Å². The number of amides is 4. The molecule has 322 valence electrons. The lowest BCUT2D eigenvalue weighted by molar-refractivity contribution is -0.143. The molecule has 2 aromatic carbocycles. The molecule has 3 N–H and O–H groups in total. The Bertz CT molecular complexity index is 2300. The number of rotatable bonds is 14. The SMILES string of the molecule is C=CC1CC1(NC(=O)C1CC(Oc2cc(-c3ccccc3)nc3cc(OC)ccc23)CN1C(=O)C(NC(=O)OC(C)(C)C)C(C)(C)C)C(=O)NS(=O)(=O)C1(CC2CC2)CC1. The van der Waals surface area contributed by atoms with Crippen LogP contribution in [0.3, 0.4) is 0 Å². The predicted octanol–water partition coefficient (Wildman–Crippen LogP) is 6.04. The second-order valence-corrected chi connectivity index (χ2v) is 21.0. The molecule has 60 heavy (non-hydrogen) atoms. The molecule has 5 unspecified atom stereocenters. The van der Waals surface area contributed by atoms with E-state index in [1.165, 1.54) is 11.0 Å². The van der Waals surface area contributed by atoms with Crippen molar-refractivity contribution in [3.05, 3.63) is 67.3 Å². The van der Waals surface area contributed by atoms with Crippen molar-refractivity contribution in [1.82, 2.24) is 25.2 Å². The number of benzene rings is 2. The number of hydrogen-bond donors (Lipinski definition) is 3. The molecule has 5 atom stereocenters. The van der Waals surface area contributed by atoms with Gasteiger partial charge < -0.3 is 29.7 Å². The van der Waals surface area contributed by atoms with E-state index in [1.807, 2.05) is 42.5 Å². The average molecular weight is 844 g/mol. The summed E-state index contributed by atoms with van der Waals surface area (Å²) in [6, 6.07) is 14.5. The summed E-state index contributed by atoms with van der Waals surface area (Å²) < 4.78 is 46.4. The van der Waals surface area contributed by atoms with Gasteiger partial charge in [-0.1, -0.05) is 70.0 Å². The third-order valence-corrected chi connectivity index (χ3v) is 14.1. The zero-order valence-electron chi connectivity index (χ0n) is 35.5. The van der Waals surface area contributed by atoms with Crippen LogP contribution in [0.4, 0.5) is 4.79 Å². The van der Waals surface area contributed by atoms with E-state index in [0.29, 0.717) is 53.3 Å². The molecule has 0 radical (unpaired) electrons. The first kappa shape index (κ1) is 42.9. The van der Waals surface area contributed by atoms with E-state index in [9.17, 15) is 27.6 Å². The Balaban J connectivity index is 1.20. The van der Waals surface area contributed by atoms with Gasteiger partial charge in [-0.25, -0.2) is 18.2 Å². The van der Waals surface area contributed by atoms with Crippen LogP contribution >= 0.6 is 0 Å². The molecule has 7 rings (SSSR count). The van der Waals surface area contributed by atoms with Crippen molar-refractivity contribution in [2.24, 2.45) is 17.3 Å². The minimum atomic E-state index is -4.03. The number of nitrogens with zero attached hydrogens (tertiary/aromatic N) is 2. The highest BCUT2D eigenvalue weighted by atomic mass is 32.2. The third kappa shape index (κ3) is 8.96. The van der Waals surface area contributed by atoms with Gasteiger partial charge in [0.25, 0.3) is 5.91 Å². The van der Waals surface area contributed by atoms with Gasteiger partial charge in [0, 0.05) is 35.4 Å². The lowest BCUT2D eigenvalue weighted by Crippen LogP contribution is -2.60. The van der Waals surface area contributed by atoms with Crippen molar-refractivity contribution in [2.45, 2.75) is 121 Å². The molecule has 3 aliphatic carbocycles. The standard InChI is InChI=1S/C45H57N5O9S/c1-9-29-25-45(29,40(53)49-60(55,56)44(19-20-44)24-27-15-16-27)48-38(51)35-22-31(26-50(35)39(52)37(42(2,3)4)47-41(54)59-43(5,6)7)58-36-23-33(28-13-11-10-12-14-28)46-34-21-30(57-8)17-18-32(34)36/h9-14,17-18,21,23,27,29,31,35,37H,1,15-16,19-20,22,24-26H2,2-8H3,(H,47,54)(H,48,51)(H,49,53). The van der Waals surface area contributed by atoms with E-state index < -0.39 is 79.2 Å². The number of methoxy groups -OCH3 is 1. The number of sulfonamides is 1. The van der Waals surface area contributed by atoms with E-state index in [2.05, 4.69) is 21.9 Å². The van der Waals surface area contributed by atoms with Crippen molar-refractivity contribution in [3.63, 3.8) is 0 Å². The second-order valence-electron chi connectivity index (χ2n) is 19.0. The molecule has 1 saturated heterocycles. The maximum absolute atomic E-state index is 14.8. The first-order valence-corrected chi connectivity index (χ1v) is 22.2. The Hall–Kier alpha value is -5.18. The van der Waals surface area contributed by atoms with Crippen LogP contribution in [0.25, 0.3) is 22.2 Å². The zero-order chi connectivity index (χ0) is 43.4. The largest absolute Gasteiger partial charge is 0.497 e. The summed E-state index contributed by atoms with van der Waals surface area (Å²) in [6.07, 6.45) is 3.59. The van der Waals surface area contributed by atoms with Gasteiger partial charge in [0.05, 0.1) is 29.6 Å². The molecule has 0 spiro atoms. The number of carbonyl (C=O) groups excluding carboxylic acids is 4. The minimum Gasteiger partial charge on any atom is -0.497 e. The highest BCUT2D eigenvalue weighted by molar-refractivity contribution is 7.91. The summed E-state index contributed by atoms with van der Waals surface area (Å²) in [5.74, 6) is -1.17. The highest BCUT2D eigenvalue weighted by Gasteiger charge is 2.64. The number of likely N-dealkylation sites (tertiary alicyclic amines) is 1. The summed E-state index contributed by atoms with van der Waals surface area (Å²) >= 11 is 0. The normalized spacial score (nSPS) is 23.9. The van der Waals surface area contributed by atoms with Crippen LogP contribution < -0.4 is 24.8 Å². The Labute approximate surface area is 352 Å². The number of carbonyl (C=O) groups is 4. The van der Waals surface area contributed by atoms with Crippen LogP contribution in [-0.4, -0.2) is 89.8 Å². The quantitative estimate of drug-likeness (QED) is 0.162. The van der Waals surface area contributed by atoms with Crippen molar-refractivity contribution in [3.8, 4) is 22.8 Å². The Morgan fingerprint density at radius 3 is 2.30 bits per heavy atom. The summed E-state index contributed by atoms with van der Waals surface area (Å²) in [6.45, 7) is 14.3. The molecule has 3 saturated carbocycles. The number of alkyl carbamates (subject to hydrolysis) is 1. The molecule has 4 fully saturated rings. The summed E-state index contributed by atoms with van der Waals surface area (Å²) in [7, 11) is -2.46. The maximum atomic E-state index is 14.8. The number of hydrogen-bond acceptors (Lipinski definition) is 10. The smallest absolute Gasteiger partial charge is 0.408 e. The zero-order valence-corrected chi connectivity index (χ0v) is 36.3. The highest BCUT2D eigenvalue weighted by Crippen LogP contribution is 2.53. The van der Waals surface area contributed by atoms with Crippen molar-refractivity contribution >= 4 is 44.7 Å². The molecule has 0 bridgehead atoms. The molecule has 2 heterocycles. The van der Waals surface area contributed by atoms with Gasteiger partial charge >= 0.3 is 6.09 Å². The fourth-order valence-electron chi connectivity index (χ4n) is 8.18. The maximum Gasteiger partial charge on any atom is 0.408 e. The van der Waals surface area contributed by atoms with E-state index >= 15 is 0 Å². The molecular weight excluding hydrogens is 787 g/mol. The molecule has 1 aliphatic heterocycles. The number of ether oxygens (including phenoxy) is 3. The van der Waals surface area contributed by atoms with Gasteiger partial charge in [-0.15, -0.1) is 6.58 Å². The topological polar surface area (TPSA) is 182 Å². The van der Waals surface area contributed by atoms with Gasteiger partial charge in [-0.2, -0.15) is 0 Å². The van der Waals surface area contributed by atoms with Gasteiger partial charge in [-0.05, 0) is 69.9 Å². The molecule has 4 aliphatic rings. The van der Waals surface area contributed by atoms with E-state index in [0.717, 1.165) is 18.4 Å². The predicted molar refractivity (Wildman–Crippen MR) is 226 cm³/mol. The second kappa shape index (κ2) is 15.7. The monoisotopic (exact) mass is 843 g/mol. The number of nitrogens with one attached hydrogen (secondary N) is 3. The van der Waals surface area contributed by atoms with E-state index in [-0.39, 0.29) is 19.4 Å². The Kier molecular flexibility index (Phi) is 11.2. The summed E-state index contributed by atoms with van der Waals surface area (Å²) in [5, 5.41) is 6.30. The molecule has 14 nitrogen and oxygen atoms in total. The van der Waals surface area contributed by atoms with Gasteiger partial charge in [0.1, 0.15) is 40.8 Å². The van der Waals surface area contributed by atoms with Gasteiger partial charge in [0.15, 0.2) is 0 Å². The lowest BCUT2D eigenvalue weighted by Gasteiger charge is -2.36. The molecule has 1 aromatic heterocycles. The number of fused-ring (bicyclic) bond motifs is 1. The van der Waals surface area contributed by atoms with E-state index in [1.54, 1.807) is 60.8 Å². The first-order valence-electron chi connectivity index (χ1n) is 20.7. The fraction of sp³-hybridized carbons (Fsp3) is 0.533. The molecular formula is C45H57N5O9S. The lowest BCUT2D eigenvalue weighted by atomic mass is 9.85. The molecule has 4 amide bonds. The summed E-state index contributed by atoms with van der Waals surface area (Å²) in [4.78, 5) is 62.9. The number of pyridine rings is 1. The van der Waals surface area contributed by atoms with Crippen LogP contribution in [-0.2, 0) is 29.1 Å².